The average molecular weight is 386 g/mol. The minimum atomic E-state index is -3.26. The molecule has 3 unspecified atom stereocenters. The van der Waals surface area contributed by atoms with Gasteiger partial charge in [0.15, 0.2) is 0 Å². The third-order valence-electron chi connectivity index (χ3n) is 6.28. The van der Waals surface area contributed by atoms with Crippen LogP contribution in [0.1, 0.15) is 63.5 Å². The molecule has 0 saturated heterocycles. The van der Waals surface area contributed by atoms with Gasteiger partial charge in [-0.05, 0) is 66.2 Å². The van der Waals surface area contributed by atoms with E-state index in [2.05, 4.69) is 55.0 Å². The molecule has 2 aromatic rings. The van der Waals surface area contributed by atoms with Gasteiger partial charge in [-0.2, -0.15) is 0 Å². The number of sulfonamides is 1. The molecule has 4 heteroatoms. The molecule has 3 atom stereocenters. The van der Waals surface area contributed by atoms with Crippen molar-refractivity contribution in [2.24, 2.45) is 5.92 Å². The average Bonchev–Trinajstić information content (AvgIpc) is 2.64. The molecule has 2 aromatic carbocycles. The number of hydrogen-bond acceptors (Lipinski definition) is 2. The van der Waals surface area contributed by atoms with Gasteiger partial charge in [0.2, 0.25) is 10.0 Å². The van der Waals surface area contributed by atoms with Crippen LogP contribution in [0.4, 0.5) is 5.69 Å². The highest BCUT2D eigenvalue weighted by atomic mass is 32.2. The summed E-state index contributed by atoms with van der Waals surface area (Å²) in [5, 5.41) is 0. The van der Waals surface area contributed by atoms with Crippen LogP contribution in [0.25, 0.3) is 0 Å². The van der Waals surface area contributed by atoms with Crippen molar-refractivity contribution in [1.82, 2.24) is 0 Å². The lowest BCUT2D eigenvalue weighted by molar-refractivity contribution is 0.200. The van der Waals surface area contributed by atoms with Crippen LogP contribution in [0.3, 0.4) is 0 Å². The van der Waals surface area contributed by atoms with E-state index >= 15 is 0 Å². The Hall–Kier alpha value is -1.81. The number of anilines is 1. The summed E-state index contributed by atoms with van der Waals surface area (Å²) in [6.07, 6.45) is 4.05. The van der Waals surface area contributed by atoms with Crippen molar-refractivity contribution in [3.63, 3.8) is 0 Å². The second-order valence-electron chi connectivity index (χ2n) is 8.20. The Kier molecular flexibility index (Phi) is 5.95. The molecule has 0 spiro atoms. The van der Waals surface area contributed by atoms with Gasteiger partial charge in [-0.25, -0.2) is 8.42 Å². The second-order valence-corrected chi connectivity index (χ2v) is 10.0. The minimum Gasteiger partial charge on any atom is -0.284 e. The summed E-state index contributed by atoms with van der Waals surface area (Å²) in [6, 6.07) is 18.8. The summed E-state index contributed by atoms with van der Waals surface area (Å²) < 4.78 is 27.0. The van der Waals surface area contributed by atoms with Crippen molar-refractivity contribution >= 4 is 15.7 Å². The van der Waals surface area contributed by atoms with Crippen molar-refractivity contribution in [2.75, 3.05) is 10.5 Å². The Morgan fingerprint density at radius 1 is 1.11 bits per heavy atom. The van der Waals surface area contributed by atoms with Crippen LogP contribution in [0, 0.1) is 5.92 Å². The fourth-order valence-corrected chi connectivity index (χ4v) is 5.54. The van der Waals surface area contributed by atoms with Gasteiger partial charge >= 0.3 is 0 Å². The van der Waals surface area contributed by atoms with E-state index in [0.717, 1.165) is 19.3 Å². The fourth-order valence-electron chi connectivity index (χ4n) is 4.42. The zero-order chi connectivity index (χ0) is 19.5. The molecule has 1 saturated carbocycles. The quantitative estimate of drug-likeness (QED) is 0.693. The fraction of sp³-hybridized carbons (Fsp3) is 0.478. The van der Waals surface area contributed by atoms with Gasteiger partial charge in [-0.1, -0.05) is 63.2 Å². The number of benzene rings is 2. The first-order valence-corrected chi connectivity index (χ1v) is 11.7. The molecular formula is C23H31NO2S. The molecule has 3 rings (SSSR count). The zero-order valence-electron chi connectivity index (χ0n) is 16.6. The highest BCUT2D eigenvalue weighted by molar-refractivity contribution is 7.92. The van der Waals surface area contributed by atoms with Gasteiger partial charge < -0.3 is 0 Å². The van der Waals surface area contributed by atoms with Gasteiger partial charge in [0.25, 0.3) is 0 Å². The predicted octanol–water partition coefficient (Wildman–Crippen LogP) is 5.70. The normalized spacial score (nSPS) is 25.9. The number of hydrogen-bond donors (Lipinski definition) is 1. The van der Waals surface area contributed by atoms with E-state index in [9.17, 15) is 8.42 Å². The van der Waals surface area contributed by atoms with Gasteiger partial charge in [-0.3, -0.25) is 4.72 Å². The van der Waals surface area contributed by atoms with Crippen molar-refractivity contribution < 1.29 is 8.42 Å². The Labute approximate surface area is 164 Å². The number of nitrogens with one attached hydrogen (secondary N) is 1. The summed E-state index contributed by atoms with van der Waals surface area (Å²) in [4.78, 5) is 0. The molecule has 0 aliphatic heterocycles. The van der Waals surface area contributed by atoms with Crippen LogP contribution >= 0.6 is 0 Å². The first-order chi connectivity index (χ1) is 12.8. The first-order valence-electron chi connectivity index (χ1n) is 10.00. The summed E-state index contributed by atoms with van der Waals surface area (Å²) in [6.45, 7) is 6.55. The Morgan fingerprint density at radius 3 is 2.52 bits per heavy atom. The van der Waals surface area contributed by atoms with Crippen LogP contribution in [0.5, 0.6) is 0 Å². The molecule has 0 amide bonds. The van der Waals surface area contributed by atoms with Gasteiger partial charge in [0.1, 0.15) is 0 Å². The monoisotopic (exact) mass is 385 g/mol. The molecule has 146 valence electrons. The largest absolute Gasteiger partial charge is 0.284 e. The van der Waals surface area contributed by atoms with E-state index in [1.165, 1.54) is 11.1 Å². The van der Waals surface area contributed by atoms with Crippen LogP contribution in [-0.4, -0.2) is 14.2 Å². The minimum absolute atomic E-state index is 0.0670. The third-order valence-corrected chi connectivity index (χ3v) is 7.77. The van der Waals surface area contributed by atoms with Crippen molar-refractivity contribution in [3.8, 4) is 0 Å². The van der Waals surface area contributed by atoms with Gasteiger partial charge in [0, 0.05) is 5.69 Å². The van der Waals surface area contributed by atoms with Gasteiger partial charge in [0.05, 0.1) is 5.75 Å². The lowest BCUT2D eigenvalue weighted by Gasteiger charge is -2.44. The molecule has 0 aromatic heterocycles. The first kappa shape index (κ1) is 19.9. The maximum absolute atomic E-state index is 12.1. The molecule has 0 radical (unpaired) electrons. The summed E-state index contributed by atoms with van der Waals surface area (Å²) >= 11 is 0. The lowest BCUT2D eigenvalue weighted by atomic mass is 9.61. The summed E-state index contributed by atoms with van der Waals surface area (Å²) in [7, 11) is -3.26. The van der Waals surface area contributed by atoms with Crippen molar-refractivity contribution in [1.29, 1.82) is 0 Å². The van der Waals surface area contributed by atoms with E-state index in [0.29, 0.717) is 23.9 Å². The van der Waals surface area contributed by atoms with Crippen LogP contribution in [0.15, 0.2) is 54.6 Å². The number of rotatable bonds is 6. The highest BCUT2D eigenvalue weighted by Gasteiger charge is 2.39. The highest BCUT2D eigenvalue weighted by Crippen LogP contribution is 2.48. The van der Waals surface area contributed by atoms with Crippen LogP contribution in [-0.2, 0) is 15.4 Å². The smallest absolute Gasteiger partial charge is 0.232 e. The van der Waals surface area contributed by atoms with E-state index in [1.54, 1.807) is 0 Å². The molecule has 0 heterocycles. The molecule has 1 aliphatic rings. The summed E-state index contributed by atoms with van der Waals surface area (Å²) in [5.41, 5.74) is 3.42. The second kappa shape index (κ2) is 8.05. The SMILES string of the molecule is CCCS(=O)(=O)Nc1cccc(C2(C)CCC(c3ccccc3)CC2C)c1. The Balaban J connectivity index is 1.79. The van der Waals surface area contributed by atoms with Crippen molar-refractivity contribution in [2.45, 2.75) is 57.8 Å². The standard InChI is InChI=1S/C23H31NO2S/c1-4-15-27(25,26)24-22-12-8-11-21(17-22)23(3)14-13-20(16-18(23)2)19-9-6-5-7-10-19/h5-12,17-18,20,24H,4,13-16H2,1-3H3. The van der Waals surface area contributed by atoms with E-state index in [1.807, 2.05) is 25.1 Å². The zero-order valence-corrected chi connectivity index (χ0v) is 17.4. The molecule has 1 N–H and O–H groups in total. The topological polar surface area (TPSA) is 46.2 Å². The van der Waals surface area contributed by atoms with Gasteiger partial charge in [-0.15, -0.1) is 0 Å². The van der Waals surface area contributed by atoms with Crippen LogP contribution in [0.2, 0.25) is 0 Å². The van der Waals surface area contributed by atoms with Crippen molar-refractivity contribution in [3.05, 3.63) is 65.7 Å². The van der Waals surface area contributed by atoms with E-state index in [-0.39, 0.29) is 11.2 Å². The maximum Gasteiger partial charge on any atom is 0.232 e. The molecular weight excluding hydrogens is 354 g/mol. The Bertz CT molecular complexity index is 863. The summed E-state index contributed by atoms with van der Waals surface area (Å²) in [5.74, 6) is 1.29. The third kappa shape index (κ3) is 4.55. The van der Waals surface area contributed by atoms with E-state index in [4.69, 9.17) is 0 Å². The molecule has 3 nitrogen and oxygen atoms in total. The molecule has 27 heavy (non-hydrogen) atoms. The van der Waals surface area contributed by atoms with E-state index < -0.39 is 10.0 Å². The Morgan fingerprint density at radius 2 is 1.85 bits per heavy atom. The maximum atomic E-state index is 12.1. The lowest BCUT2D eigenvalue weighted by Crippen LogP contribution is -2.36. The molecule has 0 bridgehead atoms. The molecule has 1 aliphatic carbocycles. The predicted molar refractivity (Wildman–Crippen MR) is 114 cm³/mol. The van der Waals surface area contributed by atoms with Crippen LogP contribution < -0.4 is 4.72 Å². The molecule has 1 fully saturated rings.